The number of anilines is 1. The highest BCUT2D eigenvalue weighted by Gasteiger charge is 2.14. The van der Waals surface area contributed by atoms with E-state index in [9.17, 15) is 9.18 Å². The third-order valence-electron chi connectivity index (χ3n) is 2.93. The van der Waals surface area contributed by atoms with E-state index in [1.54, 1.807) is 24.3 Å². The van der Waals surface area contributed by atoms with Gasteiger partial charge in [0.1, 0.15) is 11.6 Å². The van der Waals surface area contributed by atoms with E-state index < -0.39 is 0 Å². The molecule has 0 bridgehead atoms. The van der Waals surface area contributed by atoms with Crippen LogP contribution >= 0.6 is 11.8 Å². The van der Waals surface area contributed by atoms with Crippen molar-refractivity contribution in [2.75, 3.05) is 11.9 Å². The molecular formula is C17H18FNO2S. The predicted octanol–water partition coefficient (Wildman–Crippen LogP) is 4.34. The van der Waals surface area contributed by atoms with Crippen molar-refractivity contribution in [3.63, 3.8) is 0 Å². The van der Waals surface area contributed by atoms with Crippen LogP contribution in [0, 0.1) is 5.82 Å². The Hall–Kier alpha value is -2.01. The summed E-state index contributed by atoms with van der Waals surface area (Å²) in [4.78, 5) is 13.0. The second-order valence-electron chi connectivity index (χ2n) is 4.66. The van der Waals surface area contributed by atoms with Crippen LogP contribution in [0.4, 0.5) is 10.1 Å². The van der Waals surface area contributed by atoms with Gasteiger partial charge in [0.2, 0.25) is 5.91 Å². The number of carbonyl (C=O) groups is 1. The smallest absolute Gasteiger partial charge is 0.237 e. The third kappa shape index (κ3) is 4.77. The lowest BCUT2D eigenvalue weighted by molar-refractivity contribution is -0.115. The van der Waals surface area contributed by atoms with E-state index in [4.69, 9.17) is 4.74 Å². The minimum absolute atomic E-state index is 0.0986. The van der Waals surface area contributed by atoms with E-state index in [1.165, 1.54) is 23.9 Å². The number of benzene rings is 2. The molecular weight excluding hydrogens is 301 g/mol. The molecule has 0 saturated heterocycles. The Morgan fingerprint density at radius 1 is 1.18 bits per heavy atom. The molecule has 0 spiro atoms. The van der Waals surface area contributed by atoms with Gasteiger partial charge in [0, 0.05) is 10.6 Å². The lowest BCUT2D eigenvalue weighted by Gasteiger charge is -2.12. The zero-order valence-electron chi connectivity index (χ0n) is 12.5. The van der Waals surface area contributed by atoms with Crippen LogP contribution in [0.5, 0.6) is 5.75 Å². The number of carbonyl (C=O) groups excluding carboxylic acids is 1. The Labute approximate surface area is 133 Å². The van der Waals surface area contributed by atoms with E-state index in [1.807, 2.05) is 26.0 Å². The van der Waals surface area contributed by atoms with Crippen molar-refractivity contribution in [1.29, 1.82) is 0 Å². The molecule has 22 heavy (non-hydrogen) atoms. The van der Waals surface area contributed by atoms with E-state index in [0.717, 1.165) is 16.3 Å². The molecule has 0 saturated carbocycles. The van der Waals surface area contributed by atoms with Gasteiger partial charge in [-0.15, -0.1) is 11.8 Å². The van der Waals surface area contributed by atoms with Gasteiger partial charge in [0.05, 0.1) is 11.9 Å². The molecule has 5 heteroatoms. The lowest BCUT2D eigenvalue weighted by Crippen LogP contribution is -2.22. The molecule has 0 radical (unpaired) electrons. The molecule has 116 valence electrons. The molecule has 0 aromatic heterocycles. The zero-order valence-corrected chi connectivity index (χ0v) is 13.3. The fourth-order valence-corrected chi connectivity index (χ4v) is 2.68. The summed E-state index contributed by atoms with van der Waals surface area (Å²) in [6, 6.07) is 13.4. The summed E-state index contributed by atoms with van der Waals surface area (Å²) in [6.45, 7) is 4.35. The molecule has 0 fully saturated rings. The maximum atomic E-state index is 12.9. The number of halogens is 1. The zero-order chi connectivity index (χ0) is 15.9. The maximum absolute atomic E-state index is 12.9. The Morgan fingerprint density at radius 3 is 2.41 bits per heavy atom. The summed E-state index contributed by atoms with van der Waals surface area (Å²) in [5, 5.41) is 2.57. The fourth-order valence-electron chi connectivity index (χ4n) is 1.82. The summed E-state index contributed by atoms with van der Waals surface area (Å²) >= 11 is 1.39. The molecule has 0 aliphatic carbocycles. The van der Waals surface area contributed by atoms with Crippen molar-refractivity contribution < 1.29 is 13.9 Å². The van der Waals surface area contributed by atoms with E-state index in [2.05, 4.69) is 5.32 Å². The highest BCUT2D eigenvalue weighted by atomic mass is 32.2. The van der Waals surface area contributed by atoms with E-state index in [-0.39, 0.29) is 17.0 Å². The van der Waals surface area contributed by atoms with Crippen LogP contribution in [-0.4, -0.2) is 17.8 Å². The molecule has 1 N–H and O–H groups in total. The monoisotopic (exact) mass is 319 g/mol. The van der Waals surface area contributed by atoms with Crippen molar-refractivity contribution in [2.24, 2.45) is 0 Å². The molecule has 0 unspecified atom stereocenters. The number of rotatable bonds is 6. The number of nitrogens with one attached hydrogen (secondary N) is 1. The minimum Gasteiger partial charge on any atom is -0.494 e. The Morgan fingerprint density at radius 2 is 1.82 bits per heavy atom. The topological polar surface area (TPSA) is 38.3 Å². The SMILES string of the molecule is CCOc1ccc(NC(=O)[C@@H](C)Sc2ccc(F)cc2)cc1. The highest BCUT2D eigenvalue weighted by Crippen LogP contribution is 2.24. The summed E-state index contributed by atoms with van der Waals surface area (Å²) in [5.74, 6) is 0.392. The second-order valence-corrected chi connectivity index (χ2v) is 6.07. The van der Waals surface area contributed by atoms with E-state index >= 15 is 0 Å². The van der Waals surface area contributed by atoms with Crippen molar-refractivity contribution in [2.45, 2.75) is 24.0 Å². The van der Waals surface area contributed by atoms with Crippen LogP contribution in [0.3, 0.4) is 0 Å². The predicted molar refractivity (Wildman–Crippen MR) is 88.0 cm³/mol. The van der Waals surface area contributed by atoms with Gasteiger partial charge in [-0.2, -0.15) is 0 Å². The standard InChI is InChI=1S/C17H18FNO2S/c1-3-21-15-8-6-14(7-9-15)19-17(20)12(2)22-16-10-4-13(18)5-11-16/h4-12H,3H2,1-2H3,(H,19,20)/t12-/m1/s1. The average molecular weight is 319 g/mol. The molecule has 2 rings (SSSR count). The molecule has 0 aliphatic rings. The van der Waals surface area contributed by atoms with Gasteiger partial charge < -0.3 is 10.1 Å². The fraction of sp³-hybridized carbons (Fsp3) is 0.235. The Bertz CT molecular complexity index is 614. The number of hydrogen-bond acceptors (Lipinski definition) is 3. The number of thioether (sulfide) groups is 1. The number of ether oxygens (including phenoxy) is 1. The minimum atomic E-state index is -0.282. The van der Waals surface area contributed by atoms with Gasteiger partial charge in [0.25, 0.3) is 0 Å². The van der Waals surface area contributed by atoms with Crippen LogP contribution < -0.4 is 10.1 Å². The summed E-state index contributed by atoms with van der Waals surface area (Å²) in [6.07, 6.45) is 0. The molecule has 1 amide bonds. The van der Waals surface area contributed by atoms with E-state index in [0.29, 0.717) is 6.61 Å². The van der Waals surface area contributed by atoms with Gasteiger partial charge in [-0.3, -0.25) is 4.79 Å². The third-order valence-corrected chi connectivity index (χ3v) is 4.04. The molecule has 2 aromatic rings. The highest BCUT2D eigenvalue weighted by molar-refractivity contribution is 8.00. The first-order valence-electron chi connectivity index (χ1n) is 7.04. The molecule has 2 aromatic carbocycles. The van der Waals surface area contributed by atoms with Crippen LogP contribution in [-0.2, 0) is 4.79 Å². The van der Waals surface area contributed by atoms with Gasteiger partial charge in [-0.05, 0) is 62.4 Å². The largest absolute Gasteiger partial charge is 0.494 e. The van der Waals surface area contributed by atoms with Crippen LogP contribution in [0.15, 0.2) is 53.4 Å². The average Bonchev–Trinajstić information content (AvgIpc) is 2.51. The Balaban J connectivity index is 1.91. The number of hydrogen-bond donors (Lipinski definition) is 1. The first kappa shape index (κ1) is 16.4. The summed E-state index contributed by atoms with van der Waals surface area (Å²) in [5.41, 5.74) is 0.722. The lowest BCUT2D eigenvalue weighted by atomic mass is 10.3. The first-order valence-corrected chi connectivity index (χ1v) is 7.92. The molecule has 0 heterocycles. The van der Waals surface area contributed by atoms with Gasteiger partial charge in [0.15, 0.2) is 0 Å². The van der Waals surface area contributed by atoms with Crippen molar-refractivity contribution >= 4 is 23.4 Å². The quantitative estimate of drug-likeness (QED) is 0.805. The van der Waals surface area contributed by atoms with Crippen molar-refractivity contribution in [1.82, 2.24) is 0 Å². The van der Waals surface area contributed by atoms with Crippen molar-refractivity contribution in [3.8, 4) is 5.75 Å². The maximum Gasteiger partial charge on any atom is 0.237 e. The molecule has 0 aliphatic heterocycles. The first-order chi connectivity index (χ1) is 10.6. The summed E-state index contributed by atoms with van der Waals surface area (Å²) in [7, 11) is 0. The van der Waals surface area contributed by atoms with Gasteiger partial charge in [-0.1, -0.05) is 0 Å². The normalized spacial score (nSPS) is 11.8. The van der Waals surface area contributed by atoms with Gasteiger partial charge in [-0.25, -0.2) is 4.39 Å². The van der Waals surface area contributed by atoms with Crippen LogP contribution in [0.2, 0.25) is 0 Å². The number of amides is 1. The van der Waals surface area contributed by atoms with Crippen LogP contribution in [0.25, 0.3) is 0 Å². The molecule has 3 nitrogen and oxygen atoms in total. The van der Waals surface area contributed by atoms with Crippen molar-refractivity contribution in [3.05, 3.63) is 54.3 Å². The molecule has 1 atom stereocenters. The second kappa shape index (κ2) is 7.84. The van der Waals surface area contributed by atoms with Gasteiger partial charge >= 0.3 is 0 Å². The Kier molecular flexibility index (Phi) is 5.83. The van der Waals surface area contributed by atoms with Crippen LogP contribution in [0.1, 0.15) is 13.8 Å². The summed E-state index contributed by atoms with van der Waals surface area (Å²) < 4.78 is 18.2.